The molecule has 0 spiro atoms. The number of carbonyl (C=O) groups excluding carboxylic acids is 1. The molecular formula is C21H23N3O3S. The number of benzene rings is 2. The molecule has 1 unspecified atom stereocenters. The Bertz CT molecular complexity index is 1040. The van der Waals surface area contributed by atoms with Gasteiger partial charge in [0, 0.05) is 23.2 Å². The Morgan fingerprint density at radius 2 is 1.93 bits per heavy atom. The number of fused-ring (bicyclic) bond motifs is 1. The van der Waals surface area contributed by atoms with Crippen LogP contribution in [0.1, 0.15) is 33.1 Å². The minimum atomic E-state index is -3.86. The van der Waals surface area contributed by atoms with Crippen molar-refractivity contribution in [2.45, 2.75) is 38.0 Å². The second kappa shape index (κ2) is 7.05. The van der Waals surface area contributed by atoms with Crippen LogP contribution in [0.5, 0.6) is 0 Å². The second-order valence-electron chi connectivity index (χ2n) is 7.35. The highest BCUT2D eigenvalue weighted by Crippen LogP contribution is 2.40. The van der Waals surface area contributed by atoms with Gasteiger partial charge in [0.25, 0.3) is 10.0 Å². The van der Waals surface area contributed by atoms with Gasteiger partial charge in [-0.1, -0.05) is 32.0 Å². The van der Waals surface area contributed by atoms with Gasteiger partial charge in [0.15, 0.2) is 0 Å². The number of nitrogens with zero attached hydrogens (tertiary/aromatic N) is 2. The summed E-state index contributed by atoms with van der Waals surface area (Å²) in [4.78, 5) is 14.1. The number of para-hydroxylation sites is 1. The molecule has 1 atom stereocenters. The fraction of sp³-hybridized carbons (Fsp3) is 0.333. The molecule has 1 aliphatic heterocycles. The molecule has 0 saturated heterocycles. The molecule has 1 N–H and O–H groups in total. The van der Waals surface area contributed by atoms with Crippen molar-refractivity contribution in [1.82, 2.24) is 0 Å². The molecule has 0 radical (unpaired) electrons. The van der Waals surface area contributed by atoms with Crippen LogP contribution in [0.15, 0.2) is 57.8 Å². The Labute approximate surface area is 165 Å². The Morgan fingerprint density at radius 1 is 1.21 bits per heavy atom. The summed E-state index contributed by atoms with van der Waals surface area (Å²) in [5, 5.41) is 2.82. The highest BCUT2D eigenvalue weighted by molar-refractivity contribution is 7.90. The molecule has 6 nitrogen and oxygen atoms in total. The van der Waals surface area contributed by atoms with Gasteiger partial charge >= 0.3 is 0 Å². The topological polar surface area (TPSA) is 78.8 Å². The molecule has 1 heterocycles. The number of anilines is 3. The zero-order chi connectivity index (χ0) is 19.9. The Kier molecular flexibility index (Phi) is 4.71. The third-order valence-corrected chi connectivity index (χ3v) is 6.51. The first-order valence-corrected chi connectivity index (χ1v) is 11.0. The highest BCUT2D eigenvalue weighted by Gasteiger charge is 2.35. The van der Waals surface area contributed by atoms with E-state index in [2.05, 4.69) is 9.71 Å². The maximum Gasteiger partial charge on any atom is 0.286 e. The van der Waals surface area contributed by atoms with Crippen molar-refractivity contribution in [3.05, 3.63) is 48.5 Å². The molecule has 2 aliphatic rings. The van der Waals surface area contributed by atoms with Gasteiger partial charge in [0.05, 0.1) is 5.69 Å². The molecular weight excluding hydrogens is 374 g/mol. The van der Waals surface area contributed by atoms with E-state index in [0.29, 0.717) is 17.2 Å². The summed E-state index contributed by atoms with van der Waals surface area (Å²) in [7, 11) is -3.86. The first-order chi connectivity index (χ1) is 13.4. The van der Waals surface area contributed by atoms with Crippen molar-refractivity contribution in [2.24, 2.45) is 16.2 Å². The lowest BCUT2D eigenvalue weighted by Gasteiger charge is -2.33. The molecule has 4 rings (SSSR count). The second-order valence-corrected chi connectivity index (χ2v) is 8.92. The molecule has 1 aliphatic carbocycles. The largest absolute Gasteiger partial charge is 0.326 e. The molecule has 1 fully saturated rings. The van der Waals surface area contributed by atoms with Crippen molar-refractivity contribution in [3.63, 3.8) is 0 Å². The first-order valence-electron chi connectivity index (χ1n) is 9.55. The molecule has 0 bridgehead atoms. The van der Waals surface area contributed by atoms with Crippen LogP contribution in [0.25, 0.3) is 0 Å². The van der Waals surface area contributed by atoms with Crippen molar-refractivity contribution in [3.8, 4) is 0 Å². The third-order valence-electron chi connectivity index (χ3n) is 5.20. The van der Waals surface area contributed by atoms with E-state index < -0.39 is 10.0 Å². The lowest BCUT2D eigenvalue weighted by Crippen LogP contribution is -2.36. The first kappa shape index (κ1) is 18.7. The van der Waals surface area contributed by atoms with Crippen LogP contribution in [-0.2, 0) is 14.8 Å². The van der Waals surface area contributed by atoms with E-state index in [4.69, 9.17) is 0 Å². The van der Waals surface area contributed by atoms with E-state index in [-0.39, 0.29) is 22.6 Å². The number of sulfonamides is 1. The fourth-order valence-corrected chi connectivity index (χ4v) is 4.56. The monoisotopic (exact) mass is 397 g/mol. The SMILES string of the molecule is CCC(C)C1=NS(=O)(=O)c2cc(NC(=O)C3CC3)ccc2N1c1ccccc1. The zero-order valence-corrected chi connectivity index (χ0v) is 16.7. The third kappa shape index (κ3) is 3.42. The van der Waals surface area contributed by atoms with Crippen molar-refractivity contribution >= 4 is 38.8 Å². The summed E-state index contributed by atoms with van der Waals surface area (Å²) in [5.74, 6) is 0.466. The van der Waals surface area contributed by atoms with Gasteiger partial charge in [-0.3, -0.25) is 9.69 Å². The average Bonchev–Trinajstić information content (AvgIpc) is 3.53. The summed E-state index contributed by atoms with van der Waals surface area (Å²) in [6.45, 7) is 3.98. The molecule has 1 amide bonds. The molecule has 7 heteroatoms. The number of amides is 1. The van der Waals surface area contributed by atoms with Gasteiger partial charge in [0.1, 0.15) is 10.7 Å². The molecule has 146 valence electrons. The molecule has 2 aromatic carbocycles. The highest BCUT2D eigenvalue weighted by atomic mass is 32.2. The zero-order valence-electron chi connectivity index (χ0n) is 15.9. The Morgan fingerprint density at radius 3 is 2.57 bits per heavy atom. The lowest BCUT2D eigenvalue weighted by molar-refractivity contribution is -0.117. The predicted octanol–water partition coefficient (Wildman–Crippen LogP) is 4.32. The van der Waals surface area contributed by atoms with Gasteiger partial charge in [-0.25, -0.2) is 0 Å². The number of amidine groups is 1. The quantitative estimate of drug-likeness (QED) is 0.815. The summed E-state index contributed by atoms with van der Waals surface area (Å²) >= 11 is 0. The van der Waals surface area contributed by atoms with Gasteiger partial charge in [-0.2, -0.15) is 8.42 Å². The van der Waals surface area contributed by atoms with E-state index >= 15 is 0 Å². The van der Waals surface area contributed by atoms with Crippen LogP contribution < -0.4 is 10.2 Å². The maximum absolute atomic E-state index is 12.9. The number of rotatable bonds is 5. The summed E-state index contributed by atoms with van der Waals surface area (Å²) in [6.07, 6.45) is 2.54. The number of hydrogen-bond donors (Lipinski definition) is 1. The van der Waals surface area contributed by atoms with Crippen LogP contribution in [-0.4, -0.2) is 20.2 Å². The molecule has 2 aromatic rings. The van der Waals surface area contributed by atoms with Gasteiger partial charge in [-0.05, 0) is 49.6 Å². The minimum Gasteiger partial charge on any atom is -0.326 e. The molecule has 0 aromatic heterocycles. The smallest absolute Gasteiger partial charge is 0.286 e. The molecule has 28 heavy (non-hydrogen) atoms. The average molecular weight is 398 g/mol. The standard InChI is InChI=1S/C21H23N3O3S/c1-3-14(2)20-23-28(26,27)19-13-16(22-21(25)15-9-10-15)11-12-18(19)24(20)17-7-5-4-6-8-17/h4-8,11-15H,3,9-10H2,1-2H3,(H,22,25). The Hall–Kier alpha value is -2.67. The van der Waals surface area contributed by atoms with Crippen molar-refractivity contribution in [1.29, 1.82) is 0 Å². The Balaban J connectivity index is 1.83. The number of carbonyl (C=O) groups is 1. The van der Waals surface area contributed by atoms with E-state index in [1.165, 1.54) is 6.07 Å². The van der Waals surface area contributed by atoms with Crippen LogP contribution in [0.2, 0.25) is 0 Å². The maximum atomic E-state index is 12.9. The summed E-state index contributed by atoms with van der Waals surface area (Å²) in [5.41, 5.74) is 1.89. The predicted molar refractivity (Wildman–Crippen MR) is 110 cm³/mol. The summed E-state index contributed by atoms with van der Waals surface area (Å²) < 4.78 is 30.0. The van der Waals surface area contributed by atoms with E-state index in [1.54, 1.807) is 12.1 Å². The van der Waals surface area contributed by atoms with Gasteiger partial charge in [0.2, 0.25) is 5.91 Å². The summed E-state index contributed by atoms with van der Waals surface area (Å²) in [6, 6.07) is 14.6. The number of hydrogen-bond acceptors (Lipinski definition) is 4. The van der Waals surface area contributed by atoms with Crippen molar-refractivity contribution < 1.29 is 13.2 Å². The fourth-order valence-electron chi connectivity index (χ4n) is 3.25. The van der Waals surface area contributed by atoms with Gasteiger partial charge in [-0.15, -0.1) is 4.40 Å². The van der Waals surface area contributed by atoms with E-state index in [1.807, 2.05) is 49.1 Å². The normalized spacial score (nSPS) is 18.8. The van der Waals surface area contributed by atoms with Crippen LogP contribution in [0, 0.1) is 11.8 Å². The minimum absolute atomic E-state index is 0.0302. The van der Waals surface area contributed by atoms with E-state index in [0.717, 1.165) is 24.9 Å². The number of nitrogens with one attached hydrogen (secondary N) is 1. The van der Waals surface area contributed by atoms with Crippen LogP contribution in [0.3, 0.4) is 0 Å². The van der Waals surface area contributed by atoms with E-state index in [9.17, 15) is 13.2 Å². The van der Waals surface area contributed by atoms with Crippen LogP contribution >= 0.6 is 0 Å². The van der Waals surface area contributed by atoms with Crippen LogP contribution in [0.4, 0.5) is 17.1 Å². The molecule has 1 saturated carbocycles. The van der Waals surface area contributed by atoms with Gasteiger partial charge < -0.3 is 5.32 Å². The lowest BCUT2D eigenvalue weighted by atomic mass is 10.1. The van der Waals surface area contributed by atoms with Crippen molar-refractivity contribution in [2.75, 3.05) is 10.2 Å².